The normalized spacial score (nSPS) is 6.91. The van der Waals surface area contributed by atoms with Gasteiger partial charge in [-0.15, -0.1) is 0 Å². The minimum absolute atomic E-state index is 0. The molecular weight excluding hydrogens is 186 g/mol. The Bertz CT molecular complexity index is 168. The fourth-order valence-corrected chi connectivity index (χ4v) is 0.258. The summed E-state index contributed by atoms with van der Waals surface area (Å²) < 4.78 is 0. The molecule has 0 aliphatic carbocycles. The van der Waals surface area contributed by atoms with Crippen LogP contribution in [0.15, 0.2) is 12.2 Å². The van der Waals surface area contributed by atoms with Crippen LogP contribution in [0.25, 0.3) is 0 Å². The first-order chi connectivity index (χ1) is 4.04. The SMILES string of the molecule is C=C(CC(=O)O)C(=O)O.[KH].[NaH]. The first-order valence-corrected chi connectivity index (χ1v) is 2.17. The number of hydrogen-bond acceptors (Lipinski definition) is 2. The molecule has 4 nitrogen and oxygen atoms in total. The summed E-state index contributed by atoms with van der Waals surface area (Å²) in [5, 5.41) is 16.1. The average molecular weight is 194 g/mol. The van der Waals surface area contributed by atoms with Gasteiger partial charge in [-0.1, -0.05) is 6.58 Å². The molecule has 0 saturated heterocycles. The predicted octanol–water partition coefficient (Wildman–Crippen LogP) is -1.20. The van der Waals surface area contributed by atoms with E-state index >= 15 is 0 Å². The third-order valence-electron chi connectivity index (χ3n) is 0.667. The van der Waals surface area contributed by atoms with Crippen molar-refractivity contribution in [3.05, 3.63) is 12.2 Å². The zero-order valence-corrected chi connectivity index (χ0v) is 4.63. The Balaban J connectivity index is -0.000000320. The molecule has 0 saturated carbocycles. The maximum absolute atomic E-state index is 9.87. The fraction of sp³-hybridized carbons (Fsp3) is 0.200. The van der Waals surface area contributed by atoms with Gasteiger partial charge in [-0.25, -0.2) is 4.79 Å². The van der Waals surface area contributed by atoms with Gasteiger partial charge in [0, 0.05) is 5.57 Å². The van der Waals surface area contributed by atoms with Crippen LogP contribution in [0, 0.1) is 0 Å². The van der Waals surface area contributed by atoms with Gasteiger partial charge in [-0.3, -0.25) is 4.79 Å². The number of carbonyl (C=O) groups is 2. The zero-order chi connectivity index (χ0) is 7.44. The number of carboxylic acids is 2. The van der Waals surface area contributed by atoms with Crippen molar-refractivity contribution in [2.24, 2.45) is 0 Å². The summed E-state index contributed by atoms with van der Waals surface area (Å²) in [6.45, 7) is 3.01. The molecule has 11 heavy (non-hydrogen) atoms. The van der Waals surface area contributed by atoms with Crippen molar-refractivity contribution < 1.29 is 19.8 Å². The third kappa shape index (κ3) is 11.3. The Labute approximate surface area is 129 Å². The number of carboxylic acid groups (broad SMARTS) is 2. The molecule has 6 heteroatoms. The molecule has 0 aliphatic rings. The summed E-state index contributed by atoms with van der Waals surface area (Å²) in [6, 6.07) is 0. The van der Waals surface area contributed by atoms with E-state index in [2.05, 4.69) is 6.58 Å². The van der Waals surface area contributed by atoms with Crippen molar-refractivity contribution in [1.29, 1.82) is 0 Å². The van der Waals surface area contributed by atoms with E-state index in [0.717, 1.165) is 0 Å². The van der Waals surface area contributed by atoms with Gasteiger partial charge in [-0.05, 0) is 0 Å². The van der Waals surface area contributed by atoms with Gasteiger partial charge in [0.15, 0.2) is 0 Å². The molecule has 0 aromatic heterocycles. The quantitative estimate of drug-likeness (QED) is 0.437. The van der Waals surface area contributed by atoms with Crippen molar-refractivity contribution in [2.45, 2.75) is 6.42 Å². The molecule has 0 bridgehead atoms. The minimum atomic E-state index is -1.27. The Hall–Kier alpha value is 1.32. The molecule has 0 spiro atoms. The van der Waals surface area contributed by atoms with Crippen LogP contribution in [-0.4, -0.2) is 103 Å². The van der Waals surface area contributed by atoms with Crippen LogP contribution in [-0.2, 0) is 9.59 Å². The molecule has 0 aromatic rings. The van der Waals surface area contributed by atoms with E-state index in [-0.39, 0.29) is 86.5 Å². The fourth-order valence-electron chi connectivity index (χ4n) is 0.258. The monoisotopic (exact) mass is 194 g/mol. The van der Waals surface area contributed by atoms with Crippen molar-refractivity contribution in [3.63, 3.8) is 0 Å². The van der Waals surface area contributed by atoms with Gasteiger partial charge in [-0.2, -0.15) is 0 Å². The van der Waals surface area contributed by atoms with Gasteiger partial charge in [0.2, 0.25) is 0 Å². The molecule has 0 unspecified atom stereocenters. The molecule has 0 aromatic carbocycles. The van der Waals surface area contributed by atoms with Crippen LogP contribution in [0.1, 0.15) is 6.42 Å². The number of rotatable bonds is 3. The molecule has 0 aliphatic heterocycles. The van der Waals surface area contributed by atoms with Gasteiger partial charge in [0.25, 0.3) is 0 Å². The number of aliphatic carboxylic acids is 2. The van der Waals surface area contributed by atoms with Gasteiger partial charge in [0.05, 0.1) is 6.42 Å². The van der Waals surface area contributed by atoms with Crippen molar-refractivity contribution in [1.82, 2.24) is 0 Å². The van der Waals surface area contributed by atoms with E-state index in [9.17, 15) is 9.59 Å². The van der Waals surface area contributed by atoms with Gasteiger partial charge >= 0.3 is 92.9 Å². The molecule has 0 atom stereocenters. The Morgan fingerprint density at radius 2 is 1.64 bits per heavy atom. The van der Waals surface area contributed by atoms with E-state index in [0.29, 0.717) is 0 Å². The van der Waals surface area contributed by atoms with Crippen LogP contribution in [0.3, 0.4) is 0 Å². The standard InChI is InChI=1S/C5H6O4.K.Na.2H/c1-3(5(8)9)2-4(6)7;;;;/h1-2H2,(H,6,7)(H,8,9);;;;. The summed E-state index contributed by atoms with van der Waals surface area (Å²) >= 11 is 0. The first kappa shape index (κ1) is 18.2. The zero-order valence-electron chi connectivity index (χ0n) is 4.63. The Kier molecular flexibility index (Phi) is 15.5. The van der Waals surface area contributed by atoms with Crippen molar-refractivity contribution >= 4 is 92.9 Å². The molecule has 2 N–H and O–H groups in total. The van der Waals surface area contributed by atoms with Crippen LogP contribution in [0.2, 0.25) is 0 Å². The second-order valence-corrected chi connectivity index (χ2v) is 1.48. The van der Waals surface area contributed by atoms with E-state index in [1.165, 1.54) is 0 Å². The van der Waals surface area contributed by atoms with Crippen LogP contribution >= 0.6 is 0 Å². The van der Waals surface area contributed by atoms with Gasteiger partial charge < -0.3 is 10.2 Å². The second kappa shape index (κ2) is 9.40. The van der Waals surface area contributed by atoms with Crippen molar-refractivity contribution in [2.75, 3.05) is 0 Å². The average Bonchev–Trinajstić information content (AvgIpc) is 1.63. The third-order valence-corrected chi connectivity index (χ3v) is 0.667. The second-order valence-electron chi connectivity index (χ2n) is 1.48. The van der Waals surface area contributed by atoms with E-state index in [1.807, 2.05) is 0 Å². The van der Waals surface area contributed by atoms with E-state index < -0.39 is 18.4 Å². The molecule has 54 valence electrons. The molecule has 0 radical (unpaired) electrons. The molecule has 0 heterocycles. The Morgan fingerprint density at radius 3 is 1.73 bits per heavy atom. The summed E-state index contributed by atoms with van der Waals surface area (Å²) in [5.74, 6) is -2.44. The van der Waals surface area contributed by atoms with E-state index in [1.54, 1.807) is 0 Å². The van der Waals surface area contributed by atoms with Crippen LogP contribution in [0.5, 0.6) is 0 Å². The predicted molar refractivity (Wildman–Crippen MR) is 43.3 cm³/mol. The number of hydrogen-bond donors (Lipinski definition) is 2. The van der Waals surface area contributed by atoms with E-state index in [4.69, 9.17) is 10.2 Å². The first-order valence-electron chi connectivity index (χ1n) is 2.17. The van der Waals surface area contributed by atoms with Crippen LogP contribution in [0.4, 0.5) is 0 Å². The molecule has 0 rings (SSSR count). The molecular formula is C5H8KNaO4. The summed E-state index contributed by atoms with van der Waals surface area (Å²) in [7, 11) is 0. The van der Waals surface area contributed by atoms with Crippen LogP contribution < -0.4 is 0 Å². The molecule has 0 amide bonds. The Morgan fingerprint density at radius 1 is 1.27 bits per heavy atom. The van der Waals surface area contributed by atoms with Crippen molar-refractivity contribution in [3.8, 4) is 0 Å². The maximum atomic E-state index is 9.87. The summed E-state index contributed by atoms with van der Waals surface area (Å²) in [5.41, 5.74) is -0.303. The molecule has 0 fully saturated rings. The van der Waals surface area contributed by atoms with Gasteiger partial charge in [0.1, 0.15) is 0 Å². The topological polar surface area (TPSA) is 74.6 Å². The summed E-state index contributed by atoms with van der Waals surface area (Å²) in [6.07, 6.45) is -0.505. The summed E-state index contributed by atoms with van der Waals surface area (Å²) in [4.78, 5) is 19.7.